The number of rotatable bonds is 18. The van der Waals surface area contributed by atoms with E-state index in [2.05, 4.69) is 49.4 Å². The maximum absolute atomic E-state index is 6.47. The van der Waals surface area contributed by atoms with Crippen LogP contribution in [-0.2, 0) is 0 Å². The molecule has 0 radical (unpaired) electrons. The monoisotopic (exact) mass is 390 g/mol. The fourth-order valence-corrected chi connectivity index (χ4v) is 3.88. The third-order valence-electron chi connectivity index (χ3n) is 5.38. The lowest BCUT2D eigenvalue weighted by Crippen LogP contribution is -1.90. The van der Waals surface area contributed by atoms with E-state index in [1.54, 1.807) is 0 Å². The van der Waals surface area contributed by atoms with E-state index in [-0.39, 0.29) is 5.38 Å². The van der Waals surface area contributed by atoms with Gasteiger partial charge >= 0.3 is 0 Å². The Balaban J connectivity index is 1.79. The van der Waals surface area contributed by atoms with Crippen LogP contribution in [0.1, 0.15) is 121 Å². The van der Waals surface area contributed by atoms with Gasteiger partial charge < -0.3 is 0 Å². The molecule has 1 unspecified atom stereocenters. The molecule has 0 aliphatic rings. The Bertz CT molecular complexity index is 437. The molecular weight excluding hydrogens is 348 g/mol. The van der Waals surface area contributed by atoms with E-state index in [4.69, 9.17) is 11.6 Å². The summed E-state index contributed by atoms with van der Waals surface area (Å²) in [6.45, 7) is 2.28. The minimum Gasteiger partial charge on any atom is -0.118 e. The van der Waals surface area contributed by atoms with Crippen molar-refractivity contribution in [2.24, 2.45) is 0 Å². The molecule has 0 bridgehead atoms. The molecule has 1 aromatic rings. The first-order valence-electron chi connectivity index (χ1n) is 11.7. The number of alkyl halides is 1. The van der Waals surface area contributed by atoms with Crippen LogP contribution in [0.25, 0.3) is 0 Å². The average molecular weight is 391 g/mol. The molecule has 0 heterocycles. The van der Waals surface area contributed by atoms with Crippen LogP contribution in [0.3, 0.4) is 0 Å². The van der Waals surface area contributed by atoms with Crippen LogP contribution in [0, 0.1) is 0 Å². The molecule has 154 valence electrons. The van der Waals surface area contributed by atoms with Crippen LogP contribution >= 0.6 is 11.6 Å². The molecule has 0 fully saturated rings. The minimum absolute atomic E-state index is 0.189. The van der Waals surface area contributed by atoms with Crippen LogP contribution in [0.5, 0.6) is 0 Å². The van der Waals surface area contributed by atoms with E-state index in [0.717, 1.165) is 6.42 Å². The first-order chi connectivity index (χ1) is 13.3. The second-order valence-electron chi connectivity index (χ2n) is 7.96. The highest BCUT2D eigenvalue weighted by Gasteiger charge is 2.06. The first kappa shape index (κ1) is 24.3. The van der Waals surface area contributed by atoms with E-state index >= 15 is 0 Å². The lowest BCUT2D eigenvalue weighted by Gasteiger charge is -2.09. The summed E-state index contributed by atoms with van der Waals surface area (Å²) >= 11 is 6.47. The summed E-state index contributed by atoms with van der Waals surface area (Å²) < 4.78 is 0. The standard InChI is InChI=1S/C26H43Cl/c1-2-3-4-5-6-7-8-9-10-11-12-13-14-15-16-17-21-24-26(27)25-22-19-18-20-23-25/h9-10,18-20,22-23,26H,2-8,11-17,21,24H2,1H3/b10-9-. The van der Waals surface area contributed by atoms with Crippen molar-refractivity contribution in [3.05, 3.63) is 48.0 Å². The van der Waals surface area contributed by atoms with Gasteiger partial charge in [-0.15, -0.1) is 11.6 Å². The maximum atomic E-state index is 6.47. The van der Waals surface area contributed by atoms with Crippen LogP contribution < -0.4 is 0 Å². The van der Waals surface area contributed by atoms with E-state index in [0.29, 0.717) is 0 Å². The van der Waals surface area contributed by atoms with Gasteiger partial charge in [0.25, 0.3) is 0 Å². The molecular formula is C26H43Cl. The Morgan fingerprint density at radius 2 is 1.15 bits per heavy atom. The Morgan fingerprint density at radius 1 is 0.667 bits per heavy atom. The third-order valence-corrected chi connectivity index (χ3v) is 5.85. The van der Waals surface area contributed by atoms with Crippen molar-refractivity contribution < 1.29 is 0 Å². The van der Waals surface area contributed by atoms with Crippen molar-refractivity contribution in [2.45, 2.75) is 115 Å². The van der Waals surface area contributed by atoms with Crippen molar-refractivity contribution in [1.82, 2.24) is 0 Å². The molecule has 1 aromatic carbocycles. The SMILES string of the molecule is CCCCCCCC/C=C\CCCCCCCCCC(Cl)c1ccccc1. The second kappa shape index (κ2) is 18.6. The second-order valence-corrected chi connectivity index (χ2v) is 8.49. The zero-order chi connectivity index (χ0) is 19.4. The summed E-state index contributed by atoms with van der Waals surface area (Å²) in [6.07, 6.45) is 26.4. The summed E-state index contributed by atoms with van der Waals surface area (Å²) in [6, 6.07) is 10.5. The van der Waals surface area contributed by atoms with Crippen molar-refractivity contribution in [3.8, 4) is 0 Å². The smallest absolute Gasteiger partial charge is 0.0585 e. The maximum Gasteiger partial charge on any atom is 0.0585 e. The molecule has 0 nitrogen and oxygen atoms in total. The molecule has 1 atom stereocenters. The van der Waals surface area contributed by atoms with Gasteiger partial charge in [0.1, 0.15) is 0 Å². The van der Waals surface area contributed by atoms with Gasteiger partial charge in [-0.1, -0.05) is 120 Å². The quantitative estimate of drug-likeness (QED) is 0.133. The van der Waals surface area contributed by atoms with Crippen molar-refractivity contribution in [3.63, 3.8) is 0 Å². The number of hydrogen-bond acceptors (Lipinski definition) is 0. The molecule has 0 amide bonds. The fraction of sp³-hybridized carbons (Fsp3) is 0.692. The van der Waals surface area contributed by atoms with Gasteiger partial charge in [-0.3, -0.25) is 0 Å². The number of allylic oxidation sites excluding steroid dienone is 2. The largest absolute Gasteiger partial charge is 0.118 e. The van der Waals surface area contributed by atoms with E-state index in [1.807, 2.05) is 0 Å². The molecule has 0 saturated heterocycles. The molecule has 27 heavy (non-hydrogen) atoms. The number of benzene rings is 1. The molecule has 1 rings (SSSR count). The van der Waals surface area contributed by atoms with E-state index in [9.17, 15) is 0 Å². The molecule has 0 aromatic heterocycles. The number of halogens is 1. The molecule has 0 saturated carbocycles. The van der Waals surface area contributed by atoms with Gasteiger partial charge in [0.15, 0.2) is 0 Å². The Morgan fingerprint density at radius 3 is 1.70 bits per heavy atom. The molecule has 1 heteroatoms. The third kappa shape index (κ3) is 14.9. The molecule has 0 aliphatic heterocycles. The molecule has 0 N–H and O–H groups in total. The Labute approximate surface area is 174 Å². The zero-order valence-electron chi connectivity index (χ0n) is 17.8. The zero-order valence-corrected chi connectivity index (χ0v) is 18.6. The topological polar surface area (TPSA) is 0 Å². The summed E-state index contributed by atoms with van der Waals surface area (Å²) in [4.78, 5) is 0. The normalized spacial score (nSPS) is 12.7. The summed E-state index contributed by atoms with van der Waals surface area (Å²) in [5, 5.41) is 0.189. The predicted octanol–water partition coefficient (Wildman–Crippen LogP) is 9.78. The van der Waals surface area contributed by atoms with E-state index in [1.165, 1.54) is 102 Å². The van der Waals surface area contributed by atoms with Crippen LogP contribution in [0.2, 0.25) is 0 Å². The van der Waals surface area contributed by atoms with Gasteiger partial charge in [-0.2, -0.15) is 0 Å². The Hall–Kier alpha value is -0.750. The van der Waals surface area contributed by atoms with Gasteiger partial charge in [0.2, 0.25) is 0 Å². The lowest BCUT2D eigenvalue weighted by atomic mass is 10.0. The highest BCUT2D eigenvalue weighted by molar-refractivity contribution is 6.20. The highest BCUT2D eigenvalue weighted by Crippen LogP contribution is 2.26. The summed E-state index contributed by atoms with van der Waals surface area (Å²) in [5.74, 6) is 0. The van der Waals surface area contributed by atoms with Crippen molar-refractivity contribution in [2.75, 3.05) is 0 Å². The summed E-state index contributed by atoms with van der Waals surface area (Å²) in [5.41, 5.74) is 1.27. The molecule has 0 spiro atoms. The Kier molecular flexibility index (Phi) is 16.7. The van der Waals surface area contributed by atoms with Crippen molar-refractivity contribution >= 4 is 11.6 Å². The van der Waals surface area contributed by atoms with Gasteiger partial charge in [0.05, 0.1) is 5.38 Å². The van der Waals surface area contributed by atoms with Crippen LogP contribution in [0.15, 0.2) is 42.5 Å². The highest BCUT2D eigenvalue weighted by atomic mass is 35.5. The predicted molar refractivity (Wildman–Crippen MR) is 124 cm³/mol. The summed E-state index contributed by atoms with van der Waals surface area (Å²) in [7, 11) is 0. The van der Waals surface area contributed by atoms with Gasteiger partial charge in [-0.05, 0) is 37.7 Å². The minimum atomic E-state index is 0.189. The van der Waals surface area contributed by atoms with Crippen LogP contribution in [0.4, 0.5) is 0 Å². The number of hydrogen-bond donors (Lipinski definition) is 0. The van der Waals surface area contributed by atoms with Crippen LogP contribution in [-0.4, -0.2) is 0 Å². The van der Waals surface area contributed by atoms with Gasteiger partial charge in [0, 0.05) is 0 Å². The fourth-order valence-electron chi connectivity index (χ4n) is 3.58. The lowest BCUT2D eigenvalue weighted by molar-refractivity contribution is 0.566. The average Bonchev–Trinajstić information content (AvgIpc) is 2.70. The van der Waals surface area contributed by atoms with Gasteiger partial charge in [-0.25, -0.2) is 0 Å². The van der Waals surface area contributed by atoms with E-state index < -0.39 is 0 Å². The number of unbranched alkanes of at least 4 members (excludes halogenated alkanes) is 13. The van der Waals surface area contributed by atoms with Crippen molar-refractivity contribution in [1.29, 1.82) is 0 Å². The molecule has 0 aliphatic carbocycles. The first-order valence-corrected chi connectivity index (χ1v) is 12.1.